The summed E-state index contributed by atoms with van der Waals surface area (Å²) in [5, 5.41) is 3.05. The second-order valence-corrected chi connectivity index (χ2v) is 9.21. The van der Waals surface area contributed by atoms with Gasteiger partial charge in [-0.25, -0.2) is 4.39 Å². The van der Waals surface area contributed by atoms with Gasteiger partial charge in [0, 0.05) is 17.8 Å². The van der Waals surface area contributed by atoms with E-state index in [0.29, 0.717) is 25.0 Å². The van der Waals surface area contributed by atoms with Crippen LogP contribution in [0, 0.1) is 5.82 Å². The van der Waals surface area contributed by atoms with E-state index >= 15 is 0 Å². The van der Waals surface area contributed by atoms with Crippen LogP contribution in [0.1, 0.15) is 63.4 Å². The van der Waals surface area contributed by atoms with Gasteiger partial charge >= 0.3 is 0 Å². The summed E-state index contributed by atoms with van der Waals surface area (Å²) in [6.07, 6.45) is 9.32. The van der Waals surface area contributed by atoms with Gasteiger partial charge in [-0.15, -0.1) is 0 Å². The van der Waals surface area contributed by atoms with E-state index in [1.54, 1.807) is 12.1 Å². The number of nitrogens with zero attached hydrogens (tertiary/aromatic N) is 1. The van der Waals surface area contributed by atoms with Crippen molar-refractivity contribution in [1.82, 2.24) is 4.90 Å². The van der Waals surface area contributed by atoms with E-state index in [1.807, 2.05) is 30.3 Å². The fraction of sp³-hybridized carbons (Fsp3) is 0.519. The van der Waals surface area contributed by atoms with Gasteiger partial charge in [0.25, 0.3) is 0 Å². The van der Waals surface area contributed by atoms with Crippen LogP contribution in [0.15, 0.2) is 48.5 Å². The average molecular weight is 439 g/mol. The van der Waals surface area contributed by atoms with Gasteiger partial charge in [-0.2, -0.15) is 0 Å². The number of rotatable bonds is 8. The minimum absolute atomic E-state index is 0.113. The number of ether oxygens (including phenoxy) is 1. The van der Waals surface area contributed by atoms with Gasteiger partial charge in [-0.05, 0) is 75.5 Å². The lowest BCUT2D eigenvalue weighted by Gasteiger charge is -2.36. The van der Waals surface area contributed by atoms with Crippen LogP contribution in [-0.2, 0) is 10.2 Å². The summed E-state index contributed by atoms with van der Waals surface area (Å²) >= 11 is 0. The summed E-state index contributed by atoms with van der Waals surface area (Å²) < 4.78 is 20.5. The van der Waals surface area contributed by atoms with Crippen LogP contribution >= 0.6 is 0 Å². The summed E-state index contributed by atoms with van der Waals surface area (Å²) in [6, 6.07) is 14.3. The van der Waals surface area contributed by atoms with Gasteiger partial charge < -0.3 is 15.0 Å². The zero-order chi connectivity index (χ0) is 22.2. The fourth-order valence-corrected chi connectivity index (χ4v) is 5.17. The zero-order valence-electron chi connectivity index (χ0n) is 19.0. The Morgan fingerprint density at radius 3 is 2.34 bits per heavy atom. The van der Waals surface area contributed by atoms with E-state index in [9.17, 15) is 9.18 Å². The van der Waals surface area contributed by atoms with Crippen LogP contribution in [0.25, 0.3) is 0 Å². The highest BCUT2D eigenvalue weighted by Crippen LogP contribution is 2.41. The molecule has 1 saturated carbocycles. The van der Waals surface area contributed by atoms with E-state index < -0.39 is 5.41 Å². The molecular formula is C27H35FN2O2. The molecule has 2 aliphatic rings. The van der Waals surface area contributed by atoms with Crippen molar-refractivity contribution in [2.75, 3.05) is 31.6 Å². The maximum absolute atomic E-state index is 14.6. The Hall–Kier alpha value is -2.40. The highest BCUT2D eigenvalue weighted by atomic mass is 19.1. The fourth-order valence-electron chi connectivity index (χ4n) is 5.17. The van der Waals surface area contributed by atoms with E-state index in [0.717, 1.165) is 43.7 Å². The summed E-state index contributed by atoms with van der Waals surface area (Å²) in [5.41, 5.74) is 0.440. The first-order valence-electron chi connectivity index (χ1n) is 12.2. The molecule has 5 heteroatoms. The van der Waals surface area contributed by atoms with Crippen LogP contribution in [-0.4, -0.2) is 37.0 Å². The first kappa shape index (κ1) is 22.8. The summed E-state index contributed by atoms with van der Waals surface area (Å²) in [7, 11) is 0. The van der Waals surface area contributed by atoms with Gasteiger partial charge in [0.15, 0.2) is 0 Å². The van der Waals surface area contributed by atoms with Gasteiger partial charge in [0.05, 0.1) is 12.0 Å². The molecule has 2 aromatic rings. The molecule has 0 bridgehead atoms. The Kier molecular flexibility index (Phi) is 7.80. The molecule has 0 unspecified atom stereocenters. The van der Waals surface area contributed by atoms with Crippen molar-refractivity contribution in [3.8, 4) is 5.75 Å². The van der Waals surface area contributed by atoms with Crippen LogP contribution in [0.5, 0.6) is 5.75 Å². The lowest BCUT2D eigenvalue weighted by atomic mass is 9.68. The smallest absolute Gasteiger partial charge is 0.235 e. The number of nitrogens with one attached hydrogen (secondary N) is 1. The van der Waals surface area contributed by atoms with Crippen molar-refractivity contribution in [2.24, 2.45) is 0 Å². The van der Waals surface area contributed by atoms with Crippen LogP contribution < -0.4 is 10.1 Å². The maximum Gasteiger partial charge on any atom is 0.235 e. The molecule has 32 heavy (non-hydrogen) atoms. The largest absolute Gasteiger partial charge is 0.494 e. The van der Waals surface area contributed by atoms with Crippen molar-refractivity contribution in [3.05, 3.63) is 59.9 Å². The predicted octanol–water partition coefficient (Wildman–Crippen LogP) is 5.92. The van der Waals surface area contributed by atoms with Crippen LogP contribution in [0.2, 0.25) is 0 Å². The third-order valence-electron chi connectivity index (χ3n) is 6.98. The monoisotopic (exact) mass is 438 g/mol. The molecular weight excluding hydrogens is 403 g/mol. The second kappa shape index (κ2) is 11.0. The van der Waals surface area contributed by atoms with Crippen molar-refractivity contribution in [1.29, 1.82) is 0 Å². The minimum atomic E-state index is -0.798. The van der Waals surface area contributed by atoms with Gasteiger partial charge in [0.1, 0.15) is 11.6 Å². The highest BCUT2D eigenvalue weighted by Gasteiger charge is 2.42. The molecule has 0 aromatic heterocycles. The third kappa shape index (κ3) is 5.50. The van der Waals surface area contributed by atoms with Crippen molar-refractivity contribution in [2.45, 2.75) is 63.2 Å². The molecule has 2 fully saturated rings. The molecule has 1 aliphatic carbocycles. The number of carbonyl (C=O) groups excluding carboxylic acids is 1. The molecule has 172 valence electrons. The van der Waals surface area contributed by atoms with Crippen molar-refractivity contribution >= 4 is 11.6 Å². The van der Waals surface area contributed by atoms with Crippen molar-refractivity contribution in [3.63, 3.8) is 0 Å². The molecule has 1 aliphatic heterocycles. The SMILES string of the molecule is O=C(Nc1ccc(OCCCN2CCCCC2)cc1)C1(c2ccccc2F)CCCCC1. The number of likely N-dealkylation sites (tertiary alicyclic amines) is 1. The number of hydrogen-bond donors (Lipinski definition) is 1. The molecule has 2 aromatic carbocycles. The molecule has 4 nitrogen and oxygen atoms in total. The number of piperidine rings is 1. The number of amides is 1. The summed E-state index contributed by atoms with van der Waals surface area (Å²) in [4.78, 5) is 15.9. The first-order valence-corrected chi connectivity index (χ1v) is 12.2. The molecule has 1 N–H and O–H groups in total. The minimum Gasteiger partial charge on any atom is -0.494 e. The molecule has 0 radical (unpaired) electrons. The normalized spacial score (nSPS) is 18.8. The van der Waals surface area contributed by atoms with E-state index in [2.05, 4.69) is 10.2 Å². The van der Waals surface area contributed by atoms with Crippen molar-refractivity contribution < 1.29 is 13.9 Å². The average Bonchev–Trinajstić information content (AvgIpc) is 2.84. The van der Waals surface area contributed by atoms with E-state index in [4.69, 9.17) is 4.74 Å². The Balaban J connectivity index is 1.33. The number of halogens is 1. The summed E-state index contributed by atoms with van der Waals surface area (Å²) in [6.45, 7) is 4.20. The Morgan fingerprint density at radius 1 is 0.938 bits per heavy atom. The Morgan fingerprint density at radius 2 is 1.62 bits per heavy atom. The quantitative estimate of drug-likeness (QED) is 0.520. The number of anilines is 1. The second-order valence-electron chi connectivity index (χ2n) is 9.21. The van der Waals surface area contributed by atoms with Crippen LogP contribution in [0.3, 0.4) is 0 Å². The number of carbonyl (C=O) groups is 1. The molecule has 1 saturated heterocycles. The first-order chi connectivity index (χ1) is 15.7. The lowest BCUT2D eigenvalue weighted by molar-refractivity contribution is -0.122. The van der Waals surface area contributed by atoms with Gasteiger partial charge in [0.2, 0.25) is 5.91 Å². The van der Waals surface area contributed by atoms with Crippen LogP contribution in [0.4, 0.5) is 10.1 Å². The summed E-state index contributed by atoms with van der Waals surface area (Å²) in [5.74, 6) is 0.401. The topological polar surface area (TPSA) is 41.6 Å². The van der Waals surface area contributed by atoms with E-state index in [1.165, 1.54) is 38.4 Å². The highest BCUT2D eigenvalue weighted by molar-refractivity contribution is 5.99. The third-order valence-corrected chi connectivity index (χ3v) is 6.98. The van der Waals surface area contributed by atoms with Gasteiger partial charge in [-0.1, -0.05) is 43.9 Å². The molecule has 1 heterocycles. The van der Waals surface area contributed by atoms with E-state index in [-0.39, 0.29) is 11.7 Å². The number of hydrogen-bond acceptors (Lipinski definition) is 3. The molecule has 4 rings (SSSR count). The predicted molar refractivity (Wildman–Crippen MR) is 127 cm³/mol. The molecule has 0 spiro atoms. The molecule has 0 atom stereocenters. The number of benzene rings is 2. The lowest BCUT2D eigenvalue weighted by Crippen LogP contribution is -2.42. The standard InChI is InChI=1S/C27H35FN2O2/c28-25-11-4-3-10-24(25)27(16-5-1-6-17-27)26(31)29-22-12-14-23(15-13-22)32-21-9-20-30-18-7-2-8-19-30/h3-4,10-15H,1-2,5-9,16-21H2,(H,29,31). The Bertz CT molecular complexity index is 871. The molecule has 1 amide bonds. The van der Waals surface area contributed by atoms with Gasteiger partial charge in [-0.3, -0.25) is 4.79 Å². The Labute approximate surface area is 191 Å². The zero-order valence-corrected chi connectivity index (χ0v) is 19.0. The maximum atomic E-state index is 14.6.